The van der Waals surface area contributed by atoms with Gasteiger partial charge in [-0.25, -0.2) is 0 Å². The second kappa shape index (κ2) is 7.05. The molecule has 1 aliphatic heterocycles. The van der Waals surface area contributed by atoms with Crippen LogP contribution in [0.5, 0.6) is 0 Å². The summed E-state index contributed by atoms with van der Waals surface area (Å²) in [6.07, 6.45) is 2.44. The molecule has 19 heavy (non-hydrogen) atoms. The van der Waals surface area contributed by atoms with Crippen LogP contribution in [0.4, 0.5) is 0 Å². The number of piperidine rings is 1. The third kappa shape index (κ3) is 6.24. The first kappa shape index (κ1) is 16.9. The summed E-state index contributed by atoms with van der Waals surface area (Å²) in [5.41, 5.74) is 0.376. The summed E-state index contributed by atoms with van der Waals surface area (Å²) >= 11 is 0. The molecule has 1 aliphatic rings. The molecular formula is C16H34N2O. The normalized spacial score (nSPS) is 26.1. The Hall–Kier alpha value is -0.120. The topological polar surface area (TPSA) is 24.5 Å². The van der Waals surface area contributed by atoms with Gasteiger partial charge in [-0.05, 0) is 44.2 Å². The largest absolute Gasteiger partial charge is 0.377 e. The molecule has 1 heterocycles. The maximum atomic E-state index is 5.68. The molecule has 0 bridgehead atoms. The molecule has 1 saturated heterocycles. The van der Waals surface area contributed by atoms with Crippen molar-refractivity contribution in [2.45, 2.75) is 53.1 Å². The van der Waals surface area contributed by atoms with Crippen molar-refractivity contribution in [3.63, 3.8) is 0 Å². The molecule has 0 aliphatic carbocycles. The van der Waals surface area contributed by atoms with Gasteiger partial charge in [0.1, 0.15) is 0 Å². The summed E-state index contributed by atoms with van der Waals surface area (Å²) in [4.78, 5) is 2.57. The van der Waals surface area contributed by atoms with E-state index in [0.717, 1.165) is 32.1 Å². The molecule has 1 fully saturated rings. The van der Waals surface area contributed by atoms with Crippen LogP contribution in [0.15, 0.2) is 0 Å². The number of hydrogen-bond donors (Lipinski definition) is 1. The van der Waals surface area contributed by atoms with E-state index < -0.39 is 0 Å². The van der Waals surface area contributed by atoms with Gasteiger partial charge in [0.05, 0.1) is 5.60 Å². The fraction of sp³-hybridized carbons (Fsp3) is 1.00. The lowest BCUT2D eigenvalue weighted by Crippen LogP contribution is -2.51. The van der Waals surface area contributed by atoms with Crippen molar-refractivity contribution in [2.24, 2.45) is 11.3 Å². The van der Waals surface area contributed by atoms with Crippen molar-refractivity contribution in [3.05, 3.63) is 0 Å². The molecule has 3 heteroatoms. The van der Waals surface area contributed by atoms with Crippen molar-refractivity contribution in [1.29, 1.82) is 0 Å². The van der Waals surface area contributed by atoms with Crippen molar-refractivity contribution in [3.8, 4) is 0 Å². The molecule has 0 aromatic rings. The number of likely N-dealkylation sites (tertiary alicyclic amines) is 1. The van der Waals surface area contributed by atoms with Crippen LogP contribution in [0.2, 0.25) is 0 Å². The first-order valence-electron chi connectivity index (χ1n) is 7.75. The van der Waals surface area contributed by atoms with Gasteiger partial charge >= 0.3 is 0 Å². The Labute approximate surface area is 120 Å². The van der Waals surface area contributed by atoms with Crippen LogP contribution in [0.1, 0.15) is 47.5 Å². The summed E-state index contributed by atoms with van der Waals surface area (Å²) in [5.74, 6) is 0.725. The third-order valence-corrected chi connectivity index (χ3v) is 4.04. The molecule has 0 spiro atoms. The van der Waals surface area contributed by atoms with E-state index >= 15 is 0 Å². The zero-order valence-corrected chi connectivity index (χ0v) is 13.9. The van der Waals surface area contributed by atoms with Gasteiger partial charge in [-0.1, -0.05) is 27.7 Å². The first-order valence-corrected chi connectivity index (χ1v) is 7.75. The molecule has 1 unspecified atom stereocenters. The number of nitrogens with one attached hydrogen (secondary N) is 1. The summed E-state index contributed by atoms with van der Waals surface area (Å²) in [6, 6.07) is 0. The monoisotopic (exact) mass is 270 g/mol. The Morgan fingerprint density at radius 1 is 1.37 bits per heavy atom. The van der Waals surface area contributed by atoms with Gasteiger partial charge in [0.15, 0.2) is 0 Å². The van der Waals surface area contributed by atoms with Gasteiger partial charge in [-0.15, -0.1) is 0 Å². The predicted octanol–water partition coefficient (Wildman–Crippen LogP) is 2.76. The fourth-order valence-corrected chi connectivity index (χ4v) is 2.97. The number of nitrogens with zero attached hydrogens (tertiary/aromatic N) is 1. The van der Waals surface area contributed by atoms with Crippen LogP contribution in [0.25, 0.3) is 0 Å². The van der Waals surface area contributed by atoms with Crippen molar-refractivity contribution in [1.82, 2.24) is 10.2 Å². The minimum atomic E-state index is 0.0552. The second-order valence-corrected chi connectivity index (χ2v) is 7.66. The fourth-order valence-electron chi connectivity index (χ4n) is 2.97. The minimum absolute atomic E-state index is 0.0552. The highest BCUT2D eigenvalue weighted by molar-refractivity contribution is 4.87. The molecule has 114 valence electrons. The average molecular weight is 270 g/mol. The van der Waals surface area contributed by atoms with Crippen LogP contribution in [-0.2, 0) is 4.74 Å². The van der Waals surface area contributed by atoms with Gasteiger partial charge in [-0.2, -0.15) is 0 Å². The molecule has 0 saturated carbocycles. The van der Waals surface area contributed by atoms with Crippen LogP contribution in [0.3, 0.4) is 0 Å². The lowest BCUT2D eigenvalue weighted by Gasteiger charge is -2.42. The second-order valence-electron chi connectivity index (χ2n) is 7.66. The van der Waals surface area contributed by atoms with Crippen molar-refractivity contribution < 1.29 is 4.74 Å². The van der Waals surface area contributed by atoms with Gasteiger partial charge < -0.3 is 10.1 Å². The van der Waals surface area contributed by atoms with Crippen molar-refractivity contribution in [2.75, 3.05) is 39.8 Å². The third-order valence-electron chi connectivity index (χ3n) is 4.04. The Bertz CT molecular complexity index is 265. The SMILES string of the molecule is COC1(C)CCCN(CC(C)(C)CNCC(C)C)C1. The van der Waals surface area contributed by atoms with E-state index in [9.17, 15) is 0 Å². The smallest absolute Gasteiger partial charge is 0.0777 e. The molecule has 1 rings (SSSR count). The molecule has 1 N–H and O–H groups in total. The standard InChI is InChI=1S/C16H34N2O/c1-14(2)10-17-11-15(3,4)12-18-9-7-8-16(5,13-18)19-6/h14,17H,7-13H2,1-6H3. The molecule has 0 amide bonds. The van der Waals surface area contributed by atoms with E-state index in [1.54, 1.807) is 0 Å². The number of methoxy groups -OCH3 is 1. The van der Waals surface area contributed by atoms with Crippen molar-refractivity contribution >= 4 is 0 Å². The molecule has 3 nitrogen and oxygen atoms in total. The molecular weight excluding hydrogens is 236 g/mol. The zero-order valence-electron chi connectivity index (χ0n) is 13.9. The maximum Gasteiger partial charge on any atom is 0.0777 e. The van der Waals surface area contributed by atoms with Gasteiger partial charge in [-0.3, -0.25) is 4.90 Å². The highest BCUT2D eigenvalue weighted by Crippen LogP contribution is 2.26. The van der Waals surface area contributed by atoms with E-state index in [4.69, 9.17) is 4.74 Å². The summed E-state index contributed by atoms with van der Waals surface area (Å²) < 4.78 is 5.68. The van der Waals surface area contributed by atoms with E-state index in [1.807, 2.05) is 7.11 Å². The molecule has 1 atom stereocenters. The highest BCUT2D eigenvalue weighted by Gasteiger charge is 2.33. The number of rotatable bonds is 7. The van der Waals surface area contributed by atoms with Crippen LogP contribution >= 0.6 is 0 Å². The van der Waals surface area contributed by atoms with Gasteiger partial charge in [0, 0.05) is 26.7 Å². The number of ether oxygens (including phenoxy) is 1. The Balaban J connectivity index is 2.39. The van der Waals surface area contributed by atoms with E-state index in [0.29, 0.717) is 5.41 Å². The van der Waals surface area contributed by atoms with Crippen LogP contribution in [-0.4, -0.2) is 50.3 Å². The lowest BCUT2D eigenvalue weighted by atomic mass is 9.89. The number of hydrogen-bond acceptors (Lipinski definition) is 3. The zero-order chi connectivity index (χ0) is 14.5. The van der Waals surface area contributed by atoms with Crippen LogP contribution < -0.4 is 5.32 Å². The summed E-state index contributed by atoms with van der Waals surface area (Å²) in [5, 5.41) is 3.59. The Morgan fingerprint density at radius 3 is 2.63 bits per heavy atom. The van der Waals surface area contributed by atoms with Crippen LogP contribution in [0, 0.1) is 11.3 Å². The minimum Gasteiger partial charge on any atom is -0.377 e. The maximum absolute atomic E-state index is 5.68. The summed E-state index contributed by atoms with van der Waals surface area (Å²) in [7, 11) is 1.85. The Kier molecular flexibility index (Phi) is 6.28. The lowest BCUT2D eigenvalue weighted by molar-refractivity contribution is -0.0573. The van der Waals surface area contributed by atoms with E-state index in [2.05, 4.69) is 44.8 Å². The summed E-state index contributed by atoms with van der Waals surface area (Å²) in [6.45, 7) is 17.1. The van der Waals surface area contributed by atoms with Gasteiger partial charge in [0.2, 0.25) is 0 Å². The molecule has 0 aromatic carbocycles. The van der Waals surface area contributed by atoms with Gasteiger partial charge in [0.25, 0.3) is 0 Å². The van der Waals surface area contributed by atoms with E-state index in [-0.39, 0.29) is 5.60 Å². The quantitative estimate of drug-likeness (QED) is 0.770. The first-order chi connectivity index (χ1) is 8.76. The van der Waals surface area contributed by atoms with E-state index in [1.165, 1.54) is 19.4 Å². The predicted molar refractivity (Wildman–Crippen MR) is 82.6 cm³/mol. The Morgan fingerprint density at radius 2 is 2.05 bits per heavy atom. The molecule has 0 aromatic heterocycles. The highest BCUT2D eigenvalue weighted by atomic mass is 16.5. The molecule has 0 radical (unpaired) electrons. The average Bonchev–Trinajstić information content (AvgIpc) is 2.27.